The third-order valence-electron chi connectivity index (χ3n) is 1.71. The Morgan fingerprint density at radius 2 is 2.00 bits per heavy atom. The predicted molar refractivity (Wildman–Crippen MR) is 50.8 cm³/mol. The van der Waals surface area contributed by atoms with E-state index in [1.807, 2.05) is 0 Å². The highest BCUT2D eigenvalue weighted by molar-refractivity contribution is 6.58. The molecule has 0 aliphatic heterocycles. The Morgan fingerprint density at radius 1 is 1.36 bits per heavy atom. The molecule has 0 spiro atoms. The van der Waals surface area contributed by atoms with Crippen molar-refractivity contribution in [3.05, 3.63) is 28.8 Å². The van der Waals surface area contributed by atoms with E-state index in [0.717, 1.165) is 0 Å². The van der Waals surface area contributed by atoms with Crippen molar-refractivity contribution in [2.24, 2.45) is 0 Å². The van der Waals surface area contributed by atoms with E-state index in [4.69, 9.17) is 16.3 Å². The summed E-state index contributed by atoms with van der Waals surface area (Å²) in [6.45, 7) is -4.84. The van der Waals surface area contributed by atoms with Gasteiger partial charge in [-0.3, -0.25) is 0 Å². The Labute approximate surface area is 84.9 Å². The van der Waals surface area contributed by atoms with E-state index in [0.29, 0.717) is 5.75 Å². The van der Waals surface area contributed by atoms with E-state index in [1.54, 1.807) is 0 Å². The van der Waals surface area contributed by atoms with Crippen LogP contribution in [-0.2, 0) is 6.32 Å². The van der Waals surface area contributed by atoms with Crippen molar-refractivity contribution in [1.82, 2.24) is 0 Å². The van der Waals surface area contributed by atoms with Crippen molar-refractivity contribution >= 4 is 18.6 Å². The summed E-state index contributed by atoms with van der Waals surface area (Å²) in [5, 5.41) is 0.0866. The zero-order valence-corrected chi connectivity index (χ0v) is 8.19. The third kappa shape index (κ3) is 3.14. The second-order valence-corrected chi connectivity index (χ2v) is 3.28. The molecule has 0 atom stereocenters. The zero-order chi connectivity index (χ0) is 10.8. The Hall–Kier alpha value is -0.835. The van der Waals surface area contributed by atoms with E-state index in [-0.39, 0.29) is 10.6 Å². The van der Waals surface area contributed by atoms with Crippen molar-refractivity contribution < 1.29 is 17.7 Å². The highest BCUT2D eigenvalue weighted by Gasteiger charge is 2.24. The SMILES string of the molecule is COc1ccc(C[B-](F)(F)F)c(Cl)c1. The molecule has 78 valence electrons. The van der Waals surface area contributed by atoms with E-state index in [9.17, 15) is 12.9 Å². The Bertz CT molecular complexity index is 327. The standard InChI is InChI=1S/C8H8BClF3O/c1-14-7-3-2-6(8(10)4-7)5-9(11,12)13/h2-4H,5H2,1H3/q-1. The average molecular weight is 223 g/mol. The summed E-state index contributed by atoms with van der Waals surface area (Å²) in [5.74, 6) is 0.452. The molecule has 0 fully saturated rings. The topological polar surface area (TPSA) is 9.23 Å². The van der Waals surface area contributed by atoms with E-state index >= 15 is 0 Å². The normalized spacial score (nSPS) is 11.5. The van der Waals surface area contributed by atoms with Gasteiger partial charge in [0.05, 0.1) is 7.11 Å². The second-order valence-electron chi connectivity index (χ2n) is 2.87. The lowest BCUT2D eigenvalue weighted by molar-refractivity contribution is 0.414. The number of methoxy groups -OCH3 is 1. The summed E-state index contributed by atoms with van der Waals surface area (Å²) in [6, 6.07) is 4.16. The lowest BCUT2D eigenvalue weighted by atomic mass is 9.82. The van der Waals surface area contributed by atoms with Gasteiger partial charge in [0.2, 0.25) is 0 Å². The minimum absolute atomic E-state index is 0.0833. The molecule has 1 rings (SSSR count). The molecule has 0 heterocycles. The van der Waals surface area contributed by atoms with Crippen molar-refractivity contribution in [3.63, 3.8) is 0 Å². The third-order valence-corrected chi connectivity index (χ3v) is 2.06. The maximum atomic E-state index is 12.1. The van der Waals surface area contributed by atoms with Gasteiger partial charge >= 0.3 is 6.98 Å². The van der Waals surface area contributed by atoms with E-state index in [2.05, 4.69) is 0 Å². The molecule has 1 nitrogen and oxygen atoms in total. The molecule has 6 heteroatoms. The number of rotatable bonds is 3. The van der Waals surface area contributed by atoms with Crippen LogP contribution in [-0.4, -0.2) is 14.1 Å². The predicted octanol–water partition coefficient (Wildman–Crippen LogP) is 3.28. The summed E-state index contributed by atoms with van der Waals surface area (Å²) in [7, 11) is 1.43. The first-order chi connectivity index (χ1) is 6.42. The maximum absolute atomic E-state index is 12.1. The molecule has 0 radical (unpaired) electrons. The van der Waals surface area contributed by atoms with Gasteiger partial charge in [-0.25, -0.2) is 0 Å². The highest BCUT2D eigenvalue weighted by atomic mass is 35.5. The van der Waals surface area contributed by atoms with Gasteiger partial charge in [0.1, 0.15) is 5.75 Å². The van der Waals surface area contributed by atoms with Crippen LogP contribution in [0.1, 0.15) is 5.56 Å². The van der Waals surface area contributed by atoms with Crippen LogP contribution in [0.15, 0.2) is 18.2 Å². The number of hydrogen-bond acceptors (Lipinski definition) is 1. The molecule has 14 heavy (non-hydrogen) atoms. The summed E-state index contributed by atoms with van der Waals surface area (Å²) in [4.78, 5) is 0. The van der Waals surface area contributed by atoms with Gasteiger partial charge in [0, 0.05) is 5.02 Å². The molecule has 1 aromatic rings. The molecule has 0 aliphatic rings. The Kier molecular flexibility index (Phi) is 3.31. The molecule has 0 saturated carbocycles. The van der Waals surface area contributed by atoms with Crippen LogP contribution >= 0.6 is 11.6 Å². The van der Waals surface area contributed by atoms with Gasteiger partial charge in [-0.1, -0.05) is 29.6 Å². The van der Waals surface area contributed by atoms with Gasteiger partial charge in [-0.05, 0) is 12.1 Å². The minimum Gasteiger partial charge on any atom is -0.497 e. The smallest absolute Gasteiger partial charge is 0.482 e. The van der Waals surface area contributed by atoms with Crippen LogP contribution in [0.2, 0.25) is 5.02 Å². The largest absolute Gasteiger partial charge is 0.497 e. The molecule has 0 saturated heterocycles. The number of ether oxygens (including phenoxy) is 1. The average Bonchev–Trinajstić information content (AvgIpc) is 2.06. The first kappa shape index (κ1) is 11.2. The number of hydrogen-bond donors (Lipinski definition) is 0. The fourth-order valence-corrected chi connectivity index (χ4v) is 1.32. The lowest BCUT2D eigenvalue weighted by Gasteiger charge is -2.14. The molecular formula is C8H8BClF3O-. The van der Waals surface area contributed by atoms with Crippen LogP contribution in [0, 0.1) is 0 Å². The van der Waals surface area contributed by atoms with Crippen molar-refractivity contribution in [3.8, 4) is 5.75 Å². The Balaban J connectivity index is 2.89. The molecule has 0 amide bonds. The van der Waals surface area contributed by atoms with Gasteiger partial charge < -0.3 is 17.7 Å². The summed E-state index contributed by atoms with van der Waals surface area (Å²) < 4.78 is 41.0. The molecule has 0 N–H and O–H groups in total. The second kappa shape index (κ2) is 4.13. The highest BCUT2D eigenvalue weighted by Crippen LogP contribution is 2.26. The molecule has 1 aromatic carbocycles. The Morgan fingerprint density at radius 3 is 2.43 bits per heavy atom. The van der Waals surface area contributed by atoms with Gasteiger partial charge in [0.15, 0.2) is 0 Å². The van der Waals surface area contributed by atoms with Crippen molar-refractivity contribution in [1.29, 1.82) is 0 Å². The number of benzene rings is 1. The van der Waals surface area contributed by atoms with Crippen LogP contribution in [0.25, 0.3) is 0 Å². The van der Waals surface area contributed by atoms with Gasteiger partial charge in [-0.2, -0.15) is 0 Å². The monoisotopic (exact) mass is 223 g/mol. The molecule has 0 aromatic heterocycles. The van der Waals surface area contributed by atoms with Crippen LogP contribution in [0.4, 0.5) is 12.9 Å². The summed E-state index contributed by atoms with van der Waals surface area (Å²) >= 11 is 5.64. The van der Waals surface area contributed by atoms with Crippen molar-refractivity contribution in [2.45, 2.75) is 6.32 Å². The quantitative estimate of drug-likeness (QED) is 0.715. The molecule has 0 aliphatic carbocycles. The molecule has 0 unspecified atom stereocenters. The lowest BCUT2D eigenvalue weighted by Crippen LogP contribution is -2.19. The van der Waals surface area contributed by atoms with E-state index in [1.165, 1.54) is 25.3 Å². The summed E-state index contributed by atoms with van der Waals surface area (Å²) in [5.41, 5.74) is 0.0833. The zero-order valence-electron chi connectivity index (χ0n) is 7.44. The van der Waals surface area contributed by atoms with Crippen LogP contribution in [0.5, 0.6) is 5.75 Å². The summed E-state index contributed by atoms with van der Waals surface area (Å²) in [6.07, 6.45) is -0.956. The van der Waals surface area contributed by atoms with Crippen molar-refractivity contribution in [2.75, 3.05) is 7.11 Å². The van der Waals surface area contributed by atoms with Gasteiger partial charge in [-0.15, -0.1) is 0 Å². The van der Waals surface area contributed by atoms with E-state index < -0.39 is 13.3 Å². The van der Waals surface area contributed by atoms with Gasteiger partial charge in [0.25, 0.3) is 0 Å². The molecule has 0 bridgehead atoms. The first-order valence-electron chi connectivity index (χ1n) is 3.96. The maximum Gasteiger partial charge on any atom is 0.482 e. The number of halogens is 4. The fourth-order valence-electron chi connectivity index (χ4n) is 1.07. The minimum atomic E-state index is -4.84. The van der Waals surface area contributed by atoms with Crippen LogP contribution in [0.3, 0.4) is 0 Å². The first-order valence-corrected chi connectivity index (χ1v) is 4.33. The van der Waals surface area contributed by atoms with Crippen LogP contribution < -0.4 is 4.74 Å². The molecular weight excluding hydrogens is 215 g/mol. The fraction of sp³-hybridized carbons (Fsp3) is 0.250.